The van der Waals surface area contributed by atoms with Gasteiger partial charge in [0.2, 0.25) is 21.8 Å². The molecule has 0 aromatic carbocycles. The van der Waals surface area contributed by atoms with Crippen LogP contribution in [-0.4, -0.2) is 67.8 Å². The summed E-state index contributed by atoms with van der Waals surface area (Å²) >= 11 is 0. The molecule has 25 heavy (non-hydrogen) atoms. The number of nitrogens with one attached hydrogen (secondary N) is 2. The molecule has 2 N–H and O–H groups in total. The van der Waals surface area contributed by atoms with Gasteiger partial charge in [0, 0.05) is 25.6 Å². The number of amides is 2. The predicted molar refractivity (Wildman–Crippen MR) is 88.3 cm³/mol. The van der Waals surface area contributed by atoms with Crippen LogP contribution in [0.4, 0.5) is 5.82 Å². The van der Waals surface area contributed by atoms with Gasteiger partial charge in [-0.15, -0.1) is 0 Å². The van der Waals surface area contributed by atoms with Gasteiger partial charge in [0.05, 0.1) is 19.0 Å². The van der Waals surface area contributed by atoms with E-state index in [0.717, 1.165) is 0 Å². The van der Waals surface area contributed by atoms with Gasteiger partial charge in [-0.25, -0.2) is 8.42 Å². The molecule has 2 heterocycles. The van der Waals surface area contributed by atoms with E-state index >= 15 is 0 Å². The Balaban J connectivity index is 1.77. The van der Waals surface area contributed by atoms with Gasteiger partial charge in [-0.05, 0) is 13.8 Å². The molecule has 1 aromatic rings. The van der Waals surface area contributed by atoms with E-state index in [1.54, 1.807) is 13.0 Å². The summed E-state index contributed by atoms with van der Waals surface area (Å²) in [6.45, 7) is 4.47. The molecule has 1 aliphatic rings. The summed E-state index contributed by atoms with van der Waals surface area (Å²) in [5, 5.41) is 8.58. The van der Waals surface area contributed by atoms with E-state index in [-0.39, 0.29) is 18.0 Å². The van der Waals surface area contributed by atoms with Gasteiger partial charge in [0.15, 0.2) is 5.82 Å². The number of hydrogen-bond acceptors (Lipinski definition) is 7. The molecule has 1 aromatic heterocycles. The highest BCUT2D eigenvalue weighted by Gasteiger charge is 2.25. The molecule has 2 amide bonds. The first-order chi connectivity index (χ1) is 11.8. The molecule has 0 aliphatic carbocycles. The summed E-state index contributed by atoms with van der Waals surface area (Å²) in [5.74, 6) is -0.511. The van der Waals surface area contributed by atoms with Crippen molar-refractivity contribution in [3.8, 4) is 0 Å². The summed E-state index contributed by atoms with van der Waals surface area (Å²) in [6.07, 6.45) is -0.222. The van der Waals surface area contributed by atoms with Crippen molar-refractivity contribution in [2.75, 3.05) is 37.4 Å². The number of morpholine rings is 1. The molecule has 1 saturated heterocycles. The van der Waals surface area contributed by atoms with Crippen LogP contribution in [-0.2, 0) is 24.3 Å². The third kappa shape index (κ3) is 5.80. The standard InChI is InChI=1S/C14H22N4O6S/c1-10-9-12(17-24-10)16-14(20)11(2)15-13(19)3-8-25(21,22)18-4-6-23-7-5-18/h9,11H,3-8H2,1-2H3,(H,15,19)(H,16,17,20)/t11-/m1/s1. The Bertz CT molecular complexity index is 711. The molecule has 1 aliphatic heterocycles. The van der Waals surface area contributed by atoms with Crippen LogP contribution in [0.2, 0.25) is 0 Å². The quantitative estimate of drug-likeness (QED) is 0.656. The largest absolute Gasteiger partial charge is 0.379 e. The van der Waals surface area contributed by atoms with Crippen LogP contribution in [0.25, 0.3) is 0 Å². The highest BCUT2D eigenvalue weighted by atomic mass is 32.2. The zero-order valence-corrected chi connectivity index (χ0v) is 15.0. The zero-order chi connectivity index (χ0) is 18.4. The van der Waals surface area contributed by atoms with E-state index in [2.05, 4.69) is 15.8 Å². The Labute approximate surface area is 145 Å². The number of rotatable bonds is 7. The molecule has 0 spiro atoms. The van der Waals surface area contributed by atoms with E-state index in [9.17, 15) is 18.0 Å². The molecule has 10 nitrogen and oxygen atoms in total. The van der Waals surface area contributed by atoms with Gasteiger partial charge >= 0.3 is 0 Å². The minimum Gasteiger partial charge on any atom is -0.379 e. The minimum atomic E-state index is -3.51. The Kier molecular flexibility index (Phi) is 6.51. The molecule has 0 unspecified atom stereocenters. The number of anilines is 1. The Morgan fingerprint density at radius 2 is 2.04 bits per heavy atom. The number of aryl methyl sites for hydroxylation is 1. The van der Waals surface area contributed by atoms with Gasteiger partial charge in [0.25, 0.3) is 0 Å². The number of carbonyl (C=O) groups is 2. The number of nitrogens with zero attached hydrogens (tertiary/aromatic N) is 2. The van der Waals surface area contributed by atoms with Crippen molar-refractivity contribution >= 4 is 27.7 Å². The first-order valence-corrected chi connectivity index (χ1v) is 9.48. The highest BCUT2D eigenvalue weighted by molar-refractivity contribution is 7.89. The van der Waals surface area contributed by atoms with Crippen LogP contribution >= 0.6 is 0 Å². The minimum absolute atomic E-state index is 0.222. The van der Waals surface area contributed by atoms with Crippen LogP contribution in [0, 0.1) is 6.92 Å². The van der Waals surface area contributed by atoms with Crippen molar-refractivity contribution < 1.29 is 27.3 Å². The molecule has 1 fully saturated rings. The average Bonchev–Trinajstić information content (AvgIpc) is 2.98. The van der Waals surface area contributed by atoms with Crippen LogP contribution in [0.3, 0.4) is 0 Å². The lowest BCUT2D eigenvalue weighted by molar-refractivity contribution is -0.125. The lowest BCUT2D eigenvalue weighted by Crippen LogP contribution is -2.44. The van der Waals surface area contributed by atoms with Crippen molar-refractivity contribution in [3.63, 3.8) is 0 Å². The van der Waals surface area contributed by atoms with Gasteiger partial charge in [-0.3, -0.25) is 9.59 Å². The topological polar surface area (TPSA) is 131 Å². The molecule has 2 rings (SSSR count). The second kappa shape index (κ2) is 8.41. The van der Waals surface area contributed by atoms with E-state index in [4.69, 9.17) is 9.26 Å². The smallest absolute Gasteiger partial charge is 0.247 e. The molecule has 0 radical (unpaired) electrons. The second-order valence-electron chi connectivity index (χ2n) is 5.68. The van der Waals surface area contributed by atoms with Gasteiger partial charge in [-0.1, -0.05) is 5.16 Å². The fraction of sp³-hybridized carbons (Fsp3) is 0.643. The van der Waals surface area contributed by atoms with E-state index in [1.165, 1.54) is 11.2 Å². The van der Waals surface area contributed by atoms with Crippen molar-refractivity contribution in [2.24, 2.45) is 0 Å². The van der Waals surface area contributed by atoms with Crippen LogP contribution in [0.1, 0.15) is 19.1 Å². The fourth-order valence-corrected chi connectivity index (χ4v) is 3.62. The fourth-order valence-electron chi connectivity index (χ4n) is 2.21. The number of aromatic nitrogens is 1. The van der Waals surface area contributed by atoms with Crippen molar-refractivity contribution in [2.45, 2.75) is 26.3 Å². The second-order valence-corrected chi connectivity index (χ2v) is 7.77. The van der Waals surface area contributed by atoms with Gasteiger partial charge < -0.3 is 19.9 Å². The lowest BCUT2D eigenvalue weighted by Gasteiger charge is -2.26. The van der Waals surface area contributed by atoms with E-state index < -0.39 is 27.9 Å². The van der Waals surface area contributed by atoms with Crippen LogP contribution < -0.4 is 10.6 Å². The zero-order valence-electron chi connectivity index (χ0n) is 14.1. The van der Waals surface area contributed by atoms with Gasteiger partial charge in [0.1, 0.15) is 11.8 Å². The SMILES string of the molecule is Cc1cc(NC(=O)[C@@H](C)NC(=O)CCS(=O)(=O)N2CCOCC2)no1. The summed E-state index contributed by atoms with van der Waals surface area (Å²) in [5.41, 5.74) is 0. The first-order valence-electron chi connectivity index (χ1n) is 7.87. The highest BCUT2D eigenvalue weighted by Crippen LogP contribution is 2.08. The van der Waals surface area contributed by atoms with Crippen molar-refractivity contribution in [1.29, 1.82) is 0 Å². The van der Waals surface area contributed by atoms with E-state index in [0.29, 0.717) is 32.1 Å². The molecule has 11 heteroatoms. The monoisotopic (exact) mass is 374 g/mol. The van der Waals surface area contributed by atoms with Gasteiger partial charge in [-0.2, -0.15) is 4.31 Å². The third-order valence-corrected chi connectivity index (χ3v) is 5.47. The average molecular weight is 374 g/mol. The van der Waals surface area contributed by atoms with Crippen LogP contribution in [0.5, 0.6) is 0 Å². The third-order valence-electron chi connectivity index (χ3n) is 3.60. The molecule has 1 atom stereocenters. The molecule has 0 saturated carbocycles. The van der Waals surface area contributed by atoms with Crippen molar-refractivity contribution in [3.05, 3.63) is 11.8 Å². The molecule has 140 valence electrons. The number of sulfonamides is 1. The Hall–Kier alpha value is -1.98. The summed E-state index contributed by atoms with van der Waals surface area (Å²) in [6, 6.07) is 0.706. The number of hydrogen-bond donors (Lipinski definition) is 2. The van der Waals surface area contributed by atoms with Crippen molar-refractivity contribution in [1.82, 2.24) is 14.8 Å². The maximum absolute atomic E-state index is 12.1. The maximum Gasteiger partial charge on any atom is 0.247 e. The lowest BCUT2D eigenvalue weighted by atomic mass is 10.3. The molecular weight excluding hydrogens is 352 g/mol. The normalized spacial score (nSPS) is 17.0. The Morgan fingerprint density at radius 3 is 2.64 bits per heavy atom. The Morgan fingerprint density at radius 1 is 1.36 bits per heavy atom. The summed E-state index contributed by atoms with van der Waals surface area (Å²) in [7, 11) is -3.51. The summed E-state index contributed by atoms with van der Waals surface area (Å²) in [4.78, 5) is 23.9. The molecule has 0 bridgehead atoms. The first kappa shape index (κ1) is 19.3. The number of carbonyl (C=O) groups excluding carboxylic acids is 2. The molecular formula is C14H22N4O6S. The predicted octanol–water partition coefficient (Wildman–Crippen LogP) is -0.522. The van der Waals surface area contributed by atoms with Crippen LogP contribution in [0.15, 0.2) is 10.6 Å². The summed E-state index contributed by atoms with van der Waals surface area (Å²) < 4.78 is 35.5. The van der Waals surface area contributed by atoms with E-state index in [1.807, 2.05) is 0 Å². The number of ether oxygens (including phenoxy) is 1. The maximum atomic E-state index is 12.1.